The molecule has 0 unspecified atom stereocenters. The van der Waals surface area contributed by atoms with Crippen LogP contribution >= 0.6 is 0 Å². The highest BCUT2D eigenvalue weighted by atomic mass is 15.4. The number of aryl methyl sites for hydroxylation is 3. The van der Waals surface area contributed by atoms with E-state index < -0.39 is 0 Å². The highest BCUT2D eigenvalue weighted by Gasteiger charge is 2.15. The topological polar surface area (TPSA) is 58.9 Å². The third-order valence-corrected chi connectivity index (χ3v) is 3.47. The van der Waals surface area contributed by atoms with Crippen LogP contribution in [0.3, 0.4) is 0 Å². The molecule has 0 saturated carbocycles. The van der Waals surface area contributed by atoms with Gasteiger partial charge in [-0.25, -0.2) is 9.67 Å². The Balaban J connectivity index is 1.99. The maximum atomic E-state index is 4.69. The lowest BCUT2D eigenvalue weighted by Gasteiger charge is -2.28. The number of nitrogens with zero attached hydrogens (tertiary/aromatic N) is 5. The first-order valence-electron chi connectivity index (χ1n) is 6.98. The lowest BCUT2D eigenvalue weighted by atomic mass is 10.3. The average molecular weight is 272 g/mol. The summed E-state index contributed by atoms with van der Waals surface area (Å²) in [5.41, 5.74) is 3.01. The van der Waals surface area contributed by atoms with Crippen LogP contribution in [0.15, 0.2) is 12.1 Å². The Morgan fingerprint density at radius 1 is 1.00 bits per heavy atom. The normalized spacial score (nSPS) is 15.7. The van der Waals surface area contributed by atoms with Gasteiger partial charge in [-0.2, -0.15) is 10.1 Å². The smallest absolute Gasteiger partial charge is 0.252 e. The van der Waals surface area contributed by atoms with E-state index in [-0.39, 0.29) is 0 Å². The third-order valence-electron chi connectivity index (χ3n) is 3.47. The van der Waals surface area contributed by atoms with Gasteiger partial charge in [-0.1, -0.05) is 0 Å². The van der Waals surface area contributed by atoms with Crippen LogP contribution in [0.5, 0.6) is 0 Å². The fourth-order valence-electron chi connectivity index (χ4n) is 2.52. The van der Waals surface area contributed by atoms with E-state index in [1.54, 1.807) is 0 Å². The van der Waals surface area contributed by atoms with Gasteiger partial charge in [-0.15, -0.1) is 0 Å². The lowest BCUT2D eigenvalue weighted by Crippen LogP contribution is -2.44. The zero-order valence-corrected chi connectivity index (χ0v) is 12.2. The molecule has 1 saturated heterocycles. The first kappa shape index (κ1) is 13.1. The molecule has 0 aliphatic carbocycles. The van der Waals surface area contributed by atoms with E-state index >= 15 is 0 Å². The van der Waals surface area contributed by atoms with E-state index in [0.717, 1.165) is 49.1 Å². The molecule has 0 bridgehead atoms. The molecule has 0 spiro atoms. The summed E-state index contributed by atoms with van der Waals surface area (Å²) in [6.45, 7) is 9.96. The van der Waals surface area contributed by atoms with Gasteiger partial charge in [0.1, 0.15) is 5.82 Å². The first-order chi connectivity index (χ1) is 9.63. The predicted molar refractivity (Wildman–Crippen MR) is 78.4 cm³/mol. The zero-order chi connectivity index (χ0) is 14.1. The number of aromatic nitrogens is 4. The molecular weight excluding hydrogens is 252 g/mol. The van der Waals surface area contributed by atoms with Crippen molar-refractivity contribution in [2.75, 3.05) is 31.1 Å². The number of hydrogen-bond acceptors (Lipinski definition) is 5. The van der Waals surface area contributed by atoms with Crippen molar-refractivity contribution in [1.29, 1.82) is 0 Å². The molecule has 3 heterocycles. The Hall–Kier alpha value is -1.95. The van der Waals surface area contributed by atoms with Gasteiger partial charge in [0.2, 0.25) is 0 Å². The Labute approximate surface area is 118 Å². The average Bonchev–Trinajstić information content (AvgIpc) is 2.78. The molecule has 1 fully saturated rings. The molecule has 106 valence electrons. The van der Waals surface area contributed by atoms with Crippen molar-refractivity contribution < 1.29 is 0 Å². The van der Waals surface area contributed by atoms with Crippen molar-refractivity contribution >= 4 is 5.82 Å². The van der Waals surface area contributed by atoms with Crippen molar-refractivity contribution in [3.63, 3.8) is 0 Å². The summed E-state index contributed by atoms with van der Waals surface area (Å²) in [4.78, 5) is 11.5. The molecule has 2 aromatic heterocycles. The van der Waals surface area contributed by atoms with Crippen LogP contribution in [0.25, 0.3) is 5.95 Å². The van der Waals surface area contributed by atoms with Gasteiger partial charge in [0.25, 0.3) is 5.95 Å². The second-order valence-corrected chi connectivity index (χ2v) is 5.24. The van der Waals surface area contributed by atoms with Gasteiger partial charge in [-0.05, 0) is 26.8 Å². The van der Waals surface area contributed by atoms with E-state index in [4.69, 9.17) is 0 Å². The standard InChI is InChI=1S/C14H20N6/c1-10-9-13(19-6-4-15-5-7-19)17-14(16-10)20-12(3)8-11(2)18-20/h8-9,15H,4-7H2,1-3H3. The summed E-state index contributed by atoms with van der Waals surface area (Å²) < 4.78 is 1.81. The van der Waals surface area contributed by atoms with Gasteiger partial charge in [0, 0.05) is 43.6 Å². The molecule has 1 N–H and O–H groups in total. The fourth-order valence-corrected chi connectivity index (χ4v) is 2.52. The predicted octanol–water partition coefficient (Wildman–Crippen LogP) is 0.997. The zero-order valence-electron chi connectivity index (χ0n) is 12.2. The molecule has 6 nitrogen and oxygen atoms in total. The van der Waals surface area contributed by atoms with E-state index in [9.17, 15) is 0 Å². The van der Waals surface area contributed by atoms with Gasteiger partial charge in [0.05, 0.1) is 5.69 Å². The molecule has 1 aliphatic rings. The van der Waals surface area contributed by atoms with E-state index in [0.29, 0.717) is 5.95 Å². The lowest BCUT2D eigenvalue weighted by molar-refractivity contribution is 0.583. The molecule has 1 aliphatic heterocycles. The Morgan fingerprint density at radius 2 is 1.75 bits per heavy atom. The van der Waals surface area contributed by atoms with Crippen LogP contribution < -0.4 is 10.2 Å². The first-order valence-corrected chi connectivity index (χ1v) is 6.98. The highest BCUT2D eigenvalue weighted by Crippen LogP contribution is 2.16. The molecule has 0 amide bonds. The van der Waals surface area contributed by atoms with E-state index in [2.05, 4.69) is 25.3 Å². The van der Waals surface area contributed by atoms with Crippen molar-refractivity contribution in [3.05, 3.63) is 29.2 Å². The number of rotatable bonds is 2. The molecule has 20 heavy (non-hydrogen) atoms. The van der Waals surface area contributed by atoms with Gasteiger partial charge >= 0.3 is 0 Å². The number of hydrogen-bond donors (Lipinski definition) is 1. The SMILES string of the molecule is Cc1cc(N2CCNCC2)nc(-n2nc(C)cc2C)n1. The van der Waals surface area contributed by atoms with Crippen LogP contribution in [0, 0.1) is 20.8 Å². The van der Waals surface area contributed by atoms with Gasteiger partial charge in [0.15, 0.2) is 0 Å². The summed E-state index contributed by atoms with van der Waals surface area (Å²) in [5.74, 6) is 1.64. The van der Waals surface area contributed by atoms with Crippen LogP contribution in [0.4, 0.5) is 5.82 Å². The monoisotopic (exact) mass is 272 g/mol. The molecular formula is C14H20N6. The minimum Gasteiger partial charge on any atom is -0.354 e. The molecule has 2 aromatic rings. The van der Waals surface area contributed by atoms with Crippen molar-refractivity contribution in [1.82, 2.24) is 25.1 Å². The van der Waals surface area contributed by atoms with Crippen LogP contribution in [0.2, 0.25) is 0 Å². The Kier molecular flexibility index (Phi) is 3.40. The number of piperazine rings is 1. The van der Waals surface area contributed by atoms with Crippen LogP contribution in [-0.2, 0) is 0 Å². The third kappa shape index (κ3) is 2.51. The summed E-state index contributed by atoms with van der Waals surface area (Å²) in [6.07, 6.45) is 0. The minimum atomic E-state index is 0.657. The summed E-state index contributed by atoms with van der Waals surface area (Å²) in [6, 6.07) is 4.08. The minimum absolute atomic E-state index is 0.657. The van der Waals surface area contributed by atoms with Crippen LogP contribution in [-0.4, -0.2) is 45.9 Å². The summed E-state index contributed by atoms with van der Waals surface area (Å²) in [5, 5.41) is 7.82. The number of anilines is 1. The number of nitrogens with one attached hydrogen (secondary N) is 1. The van der Waals surface area contributed by atoms with Crippen molar-refractivity contribution in [2.45, 2.75) is 20.8 Å². The quantitative estimate of drug-likeness (QED) is 0.883. The second-order valence-electron chi connectivity index (χ2n) is 5.24. The molecule has 3 rings (SSSR count). The maximum Gasteiger partial charge on any atom is 0.252 e. The molecule has 0 aromatic carbocycles. The van der Waals surface area contributed by atoms with Crippen LogP contribution in [0.1, 0.15) is 17.1 Å². The van der Waals surface area contributed by atoms with E-state index in [1.807, 2.05) is 37.6 Å². The van der Waals surface area contributed by atoms with Gasteiger partial charge < -0.3 is 10.2 Å². The Bertz CT molecular complexity index is 612. The molecule has 0 atom stereocenters. The van der Waals surface area contributed by atoms with Crippen molar-refractivity contribution in [2.24, 2.45) is 0 Å². The Morgan fingerprint density at radius 3 is 2.40 bits per heavy atom. The summed E-state index contributed by atoms with van der Waals surface area (Å²) >= 11 is 0. The fraction of sp³-hybridized carbons (Fsp3) is 0.500. The summed E-state index contributed by atoms with van der Waals surface area (Å²) in [7, 11) is 0. The molecule has 0 radical (unpaired) electrons. The largest absolute Gasteiger partial charge is 0.354 e. The van der Waals surface area contributed by atoms with E-state index in [1.165, 1.54) is 0 Å². The van der Waals surface area contributed by atoms with Gasteiger partial charge in [-0.3, -0.25) is 0 Å². The molecule has 6 heteroatoms. The van der Waals surface area contributed by atoms with Crippen molar-refractivity contribution in [3.8, 4) is 5.95 Å². The second kappa shape index (κ2) is 5.20. The highest BCUT2D eigenvalue weighted by molar-refractivity contribution is 5.42. The maximum absolute atomic E-state index is 4.69.